The highest BCUT2D eigenvalue weighted by atomic mass is 35.5. The van der Waals surface area contributed by atoms with Crippen molar-refractivity contribution in [3.63, 3.8) is 0 Å². The van der Waals surface area contributed by atoms with Crippen LogP contribution in [0.15, 0.2) is 30.3 Å². The lowest BCUT2D eigenvalue weighted by Gasteiger charge is -2.19. The highest BCUT2D eigenvalue weighted by Crippen LogP contribution is 2.38. The number of alkyl halides is 2. The number of rotatable bonds is 7. The van der Waals surface area contributed by atoms with Gasteiger partial charge in [0.15, 0.2) is 23.0 Å². The molecule has 0 atom stereocenters. The molecule has 1 aliphatic heterocycles. The highest BCUT2D eigenvalue weighted by molar-refractivity contribution is 6.32. The molecule has 1 heterocycles. The normalized spacial score (nSPS) is 13.5. The van der Waals surface area contributed by atoms with Crippen LogP contribution in [0.5, 0.6) is 23.0 Å². The average molecular weight is 414 g/mol. The monoisotopic (exact) mass is 413 g/mol. The van der Waals surface area contributed by atoms with Crippen LogP contribution < -0.4 is 18.9 Å². The molecule has 28 heavy (non-hydrogen) atoms. The number of ether oxygens (including phenoxy) is 4. The fourth-order valence-corrected chi connectivity index (χ4v) is 3.35. The molecule has 3 rings (SSSR count). The first kappa shape index (κ1) is 20.5. The molecule has 0 bridgehead atoms. The molecule has 0 fully saturated rings. The van der Waals surface area contributed by atoms with Crippen LogP contribution in [0.25, 0.3) is 0 Å². The van der Waals surface area contributed by atoms with Crippen LogP contribution in [0.3, 0.4) is 0 Å². The lowest BCUT2D eigenvalue weighted by Crippen LogP contribution is -2.17. The topological polar surface area (TPSA) is 40.2 Å². The lowest BCUT2D eigenvalue weighted by molar-refractivity contribution is -0.0512. The first-order valence-corrected chi connectivity index (χ1v) is 9.22. The van der Waals surface area contributed by atoms with E-state index in [1.807, 2.05) is 19.2 Å². The van der Waals surface area contributed by atoms with E-state index in [0.29, 0.717) is 42.8 Å². The molecule has 0 saturated carbocycles. The Kier molecular flexibility index (Phi) is 6.80. The van der Waals surface area contributed by atoms with Crippen LogP contribution >= 0.6 is 11.6 Å². The van der Waals surface area contributed by atoms with Gasteiger partial charge in [0.05, 0.1) is 25.3 Å². The van der Waals surface area contributed by atoms with E-state index < -0.39 is 6.61 Å². The number of benzene rings is 2. The standard InChI is InChI=1S/C20H22ClF2NO4/c1-24(11-13-4-5-16(28-20(22)23)17(9-13)25-2)12-14-8-15(21)19-18(10-14)26-6-3-7-27-19/h4-5,8-10,20H,3,6-7,11-12H2,1-2H3. The molecule has 0 aliphatic carbocycles. The van der Waals surface area contributed by atoms with Crippen molar-refractivity contribution in [1.29, 1.82) is 0 Å². The molecule has 8 heteroatoms. The summed E-state index contributed by atoms with van der Waals surface area (Å²) in [6.07, 6.45) is 0.813. The fourth-order valence-electron chi connectivity index (χ4n) is 3.06. The van der Waals surface area contributed by atoms with Crippen molar-refractivity contribution in [2.45, 2.75) is 26.1 Å². The molecule has 2 aromatic carbocycles. The van der Waals surface area contributed by atoms with Gasteiger partial charge in [-0.05, 0) is 42.4 Å². The van der Waals surface area contributed by atoms with Crippen molar-refractivity contribution in [2.75, 3.05) is 27.4 Å². The Morgan fingerprint density at radius 3 is 2.57 bits per heavy atom. The summed E-state index contributed by atoms with van der Waals surface area (Å²) in [5, 5.41) is 0.526. The zero-order chi connectivity index (χ0) is 20.1. The van der Waals surface area contributed by atoms with E-state index in [1.54, 1.807) is 12.1 Å². The predicted octanol–water partition coefficient (Wildman–Crippen LogP) is 4.74. The van der Waals surface area contributed by atoms with Gasteiger partial charge in [-0.3, -0.25) is 4.90 Å². The summed E-state index contributed by atoms with van der Waals surface area (Å²) in [5.74, 6) is 1.52. The third kappa shape index (κ3) is 5.17. The van der Waals surface area contributed by atoms with Crippen molar-refractivity contribution in [1.82, 2.24) is 4.90 Å². The van der Waals surface area contributed by atoms with Gasteiger partial charge in [0.2, 0.25) is 0 Å². The molecule has 0 N–H and O–H groups in total. The van der Waals surface area contributed by atoms with Gasteiger partial charge < -0.3 is 18.9 Å². The third-order valence-corrected chi connectivity index (χ3v) is 4.49. The second-order valence-corrected chi connectivity index (χ2v) is 6.90. The summed E-state index contributed by atoms with van der Waals surface area (Å²) in [5.41, 5.74) is 1.89. The van der Waals surface area contributed by atoms with Gasteiger partial charge in [0, 0.05) is 19.5 Å². The summed E-state index contributed by atoms with van der Waals surface area (Å²) in [6, 6.07) is 8.71. The van der Waals surface area contributed by atoms with Crippen molar-refractivity contribution in [3.05, 3.63) is 46.5 Å². The second kappa shape index (κ2) is 9.30. The first-order valence-electron chi connectivity index (χ1n) is 8.84. The maximum absolute atomic E-state index is 12.5. The Morgan fingerprint density at radius 1 is 1.07 bits per heavy atom. The SMILES string of the molecule is COc1cc(CN(C)Cc2cc(Cl)c3c(c2)OCCCO3)ccc1OC(F)F. The van der Waals surface area contributed by atoms with Crippen molar-refractivity contribution >= 4 is 11.6 Å². The van der Waals surface area contributed by atoms with Gasteiger partial charge in [-0.25, -0.2) is 0 Å². The van der Waals surface area contributed by atoms with Gasteiger partial charge in [0.1, 0.15) is 0 Å². The Bertz CT molecular complexity index is 819. The molecule has 152 valence electrons. The number of hydrogen-bond acceptors (Lipinski definition) is 5. The molecule has 0 amide bonds. The van der Waals surface area contributed by atoms with E-state index in [2.05, 4.69) is 9.64 Å². The van der Waals surface area contributed by atoms with Crippen LogP contribution in [0, 0.1) is 0 Å². The van der Waals surface area contributed by atoms with E-state index in [9.17, 15) is 8.78 Å². The minimum atomic E-state index is -2.90. The van der Waals surface area contributed by atoms with Crippen LogP contribution in [0.1, 0.15) is 17.5 Å². The predicted molar refractivity (Wildman–Crippen MR) is 102 cm³/mol. The Labute approximate surface area is 167 Å². The quantitative estimate of drug-likeness (QED) is 0.655. The molecule has 0 saturated heterocycles. The third-order valence-electron chi connectivity index (χ3n) is 4.21. The summed E-state index contributed by atoms with van der Waals surface area (Å²) in [7, 11) is 3.37. The molecule has 2 aromatic rings. The Morgan fingerprint density at radius 2 is 1.82 bits per heavy atom. The number of hydrogen-bond donors (Lipinski definition) is 0. The summed E-state index contributed by atoms with van der Waals surface area (Å²) < 4.78 is 45.9. The smallest absolute Gasteiger partial charge is 0.387 e. The van der Waals surface area contributed by atoms with E-state index >= 15 is 0 Å². The zero-order valence-corrected chi connectivity index (χ0v) is 16.5. The van der Waals surface area contributed by atoms with E-state index in [0.717, 1.165) is 17.5 Å². The van der Waals surface area contributed by atoms with Gasteiger partial charge in [-0.1, -0.05) is 17.7 Å². The maximum Gasteiger partial charge on any atom is 0.387 e. The van der Waals surface area contributed by atoms with E-state index in [-0.39, 0.29) is 11.5 Å². The van der Waals surface area contributed by atoms with Crippen molar-refractivity contribution in [3.8, 4) is 23.0 Å². The van der Waals surface area contributed by atoms with Gasteiger partial charge in [-0.15, -0.1) is 0 Å². The number of fused-ring (bicyclic) bond motifs is 1. The Hall–Kier alpha value is -2.25. The fraction of sp³-hybridized carbons (Fsp3) is 0.400. The van der Waals surface area contributed by atoms with Crippen LogP contribution in [0.2, 0.25) is 5.02 Å². The van der Waals surface area contributed by atoms with Crippen LogP contribution in [-0.4, -0.2) is 38.9 Å². The molecular weight excluding hydrogens is 392 g/mol. The van der Waals surface area contributed by atoms with Crippen LogP contribution in [0.4, 0.5) is 8.78 Å². The van der Waals surface area contributed by atoms with E-state index in [1.165, 1.54) is 13.2 Å². The minimum absolute atomic E-state index is 0.0126. The summed E-state index contributed by atoms with van der Waals surface area (Å²) >= 11 is 6.35. The Balaban J connectivity index is 1.69. The zero-order valence-electron chi connectivity index (χ0n) is 15.7. The number of nitrogens with zero attached hydrogens (tertiary/aromatic N) is 1. The largest absolute Gasteiger partial charge is 0.493 e. The van der Waals surface area contributed by atoms with Crippen molar-refractivity contribution < 1.29 is 27.7 Å². The highest BCUT2D eigenvalue weighted by Gasteiger charge is 2.17. The first-order chi connectivity index (χ1) is 13.5. The lowest BCUT2D eigenvalue weighted by atomic mass is 10.1. The molecule has 0 aromatic heterocycles. The maximum atomic E-state index is 12.5. The molecule has 0 radical (unpaired) electrons. The van der Waals surface area contributed by atoms with Gasteiger partial charge >= 0.3 is 6.61 Å². The summed E-state index contributed by atoms with van der Waals surface area (Å²) in [6.45, 7) is -0.522. The number of halogens is 3. The van der Waals surface area contributed by atoms with Crippen LogP contribution in [-0.2, 0) is 13.1 Å². The molecule has 5 nitrogen and oxygen atoms in total. The molecule has 0 unspecified atom stereocenters. The van der Waals surface area contributed by atoms with E-state index in [4.69, 9.17) is 25.8 Å². The minimum Gasteiger partial charge on any atom is -0.493 e. The van der Waals surface area contributed by atoms with Gasteiger partial charge in [-0.2, -0.15) is 8.78 Å². The van der Waals surface area contributed by atoms with Gasteiger partial charge in [0.25, 0.3) is 0 Å². The molecule has 0 spiro atoms. The average Bonchev–Trinajstić information content (AvgIpc) is 2.88. The number of methoxy groups -OCH3 is 1. The van der Waals surface area contributed by atoms with Crippen molar-refractivity contribution in [2.24, 2.45) is 0 Å². The second-order valence-electron chi connectivity index (χ2n) is 6.49. The summed E-state index contributed by atoms with van der Waals surface area (Å²) in [4.78, 5) is 2.07. The molecular formula is C20H22ClF2NO4. The molecule has 1 aliphatic rings.